The number of hydrogen-bond acceptors (Lipinski definition) is 4. The largest absolute Gasteiger partial charge is 0.349 e. The summed E-state index contributed by atoms with van der Waals surface area (Å²) >= 11 is 1.43. The molecule has 2 aromatic heterocycles. The Balaban J connectivity index is 1.60. The van der Waals surface area contributed by atoms with Crippen molar-refractivity contribution in [1.82, 2.24) is 20.0 Å². The van der Waals surface area contributed by atoms with Crippen molar-refractivity contribution in [2.45, 2.75) is 25.8 Å². The number of aryl methyl sites for hydroxylation is 1. The predicted molar refractivity (Wildman–Crippen MR) is 102 cm³/mol. The topological polar surface area (TPSA) is 50.2 Å². The number of benzene rings is 1. The lowest BCUT2D eigenvalue weighted by Gasteiger charge is -2.29. The molecule has 1 aromatic carbocycles. The summed E-state index contributed by atoms with van der Waals surface area (Å²) in [6.07, 6.45) is 1.96. The lowest BCUT2D eigenvalue weighted by atomic mass is 10.1. The molecule has 1 aliphatic heterocycles. The third kappa shape index (κ3) is 3.24. The highest BCUT2D eigenvalue weighted by atomic mass is 32.1. The lowest BCUT2D eigenvalue weighted by Crippen LogP contribution is -2.43. The molecule has 0 radical (unpaired) electrons. The van der Waals surface area contributed by atoms with Gasteiger partial charge in [-0.1, -0.05) is 0 Å². The van der Waals surface area contributed by atoms with E-state index in [-0.39, 0.29) is 17.8 Å². The minimum absolute atomic E-state index is 0.0224. The molecule has 0 unspecified atom stereocenters. The average Bonchev–Trinajstić information content (AvgIpc) is 3.19. The molecule has 1 amide bonds. The summed E-state index contributed by atoms with van der Waals surface area (Å²) in [5.41, 5.74) is 1.65. The molecule has 1 aliphatic rings. The van der Waals surface area contributed by atoms with Crippen molar-refractivity contribution in [3.8, 4) is 5.69 Å². The normalized spacial score (nSPS) is 16.3. The van der Waals surface area contributed by atoms with Crippen molar-refractivity contribution < 1.29 is 9.18 Å². The quantitative estimate of drug-likeness (QED) is 0.767. The van der Waals surface area contributed by atoms with Gasteiger partial charge in [0.05, 0.1) is 16.3 Å². The van der Waals surface area contributed by atoms with E-state index in [0.29, 0.717) is 4.88 Å². The number of nitrogens with one attached hydrogen (secondary N) is 1. The number of thiophene rings is 1. The fourth-order valence-electron chi connectivity index (χ4n) is 3.33. The van der Waals surface area contributed by atoms with Crippen LogP contribution in [0.1, 0.15) is 28.2 Å². The van der Waals surface area contributed by atoms with E-state index in [1.165, 1.54) is 23.5 Å². The van der Waals surface area contributed by atoms with E-state index in [1.54, 1.807) is 16.8 Å². The summed E-state index contributed by atoms with van der Waals surface area (Å²) in [6, 6.07) is 8.36. The van der Waals surface area contributed by atoms with E-state index in [9.17, 15) is 9.18 Å². The Kier molecular flexibility index (Phi) is 4.50. The van der Waals surface area contributed by atoms with Crippen LogP contribution >= 0.6 is 11.3 Å². The first kappa shape index (κ1) is 17.2. The minimum atomic E-state index is -0.279. The van der Waals surface area contributed by atoms with Gasteiger partial charge in [-0.15, -0.1) is 11.3 Å². The Morgan fingerprint density at radius 3 is 2.65 bits per heavy atom. The number of carbonyl (C=O) groups excluding carboxylic acids is 1. The number of nitrogens with zero attached hydrogens (tertiary/aromatic N) is 3. The van der Waals surface area contributed by atoms with Gasteiger partial charge < -0.3 is 10.2 Å². The van der Waals surface area contributed by atoms with Gasteiger partial charge in [0.1, 0.15) is 10.6 Å². The number of halogens is 1. The van der Waals surface area contributed by atoms with Gasteiger partial charge in [0.2, 0.25) is 0 Å². The smallest absolute Gasteiger partial charge is 0.261 e. The van der Waals surface area contributed by atoms with Gasteiger partial charge in [-0.3, -0.25) is 4.79 Å². The van der Waals surface area contributed by atoms with E-state index in [0.717, 1.165) is 47.5 Å². The molecular formula is C19H21FN4OS. The van der Waals surface area contributed by atoms with E-state index in [4.69, 9.17) is 0 Å². The van der Waals surface area contributed by atoms with Crippen molar-refractivity contribution in [3.63, 3.8) is 0 Å². The SMILES string of the molecule is Cc1nn(-c2ccc(F)cc2)c2sc(C(=O)NC3CCN(C)CC3)cc12. The Labute approximate surface area is 155 Å². The third-order valence-corrected chi connectivity index (χ3v) is 6.00. The molecule has 0 saturated carbocycles. The van der Waals surface area contributed by atoms with E-state index < -0.39 is 0 Å². The second kappa shape index (κ2) is 6.81. The monoisotopic (exact) mass is 372 g/mol. The first-order chi connectivity index (χ1) is 12.5. The maximum absolute atomic E-state index is 13.2. The van der Waals surface area contributed by atoms with Crippen LogP contribution in [0.4, 0.5) is 4.39 Å². The Morgan fingerprint density at radius 1 is 1.27 bits per heavy atom. The lowest BCUT2D eigenvalue weighted by molar-refractivity contribution is 0.0921. The van der Waals surface area contributed by atoms with Crippen LogP contribution in [0.2, 0.25) is 0 Å². The van der Waals surface area contributed by atoms with Crippen LogP contribution in [-0.2, 0) is 0 Å². The number of amides is 1. The summed E-state index contributed by atoms with van der Waals surface area (Å²) < 4.78 is 15.0. The maximum atomic E-state index is 13.2. The van der Waals surface area contributed by atoms with Crippen LogP contribution in [0.5, 0.6) is 0 Å². The van der Waals surface area contributed by atoms with Crippen LogP contribution in [-0.4, -0.2) is 46.8 Å². The van der Waals surface area contributed by atoms with E-state index >= 15 is 0 Å². The third-order valence-electron chi connectivity index (χ3n) is 4.89. The van der Waals surface area contributed by atoms with Crippen molar-refractivity contribution in [3.05, 3.63) is 46.7 Å². The number of rotatable bonds is 3. The summed E-state index contributed by atoms with van der Waals surface area (Å²) in [4.78, 5) is 16.5. The fourth-order valence-corrected chi connectivity index (χ4v) is 4.41. The molecule has 1 saturated heterocycles. The predicted octanol–water partition coefficient (Wildman–Crippen LogP) is 3.36. The van der Waals surface area contributed by atoms with Crippen molar-refractivity contribution in [2.24, 2.45) is 0 Å². The maximum Gasteiger partial charge on any atom is 0.261 e. The van der Waals surface area contributed by atoms with Gasteiger partial charge in [-0.25, -0.2) is 9.07 Å². The van der Waals surface area contributed by atoms with Gasteiger partial charge in [-0.2, -0.15) is 5.10 Å². The summed E-state index contributed by atoms with van der Waals surface area (Å²) in [5, 5.41) is 8.67. The summed E-state index contributed by atoms with van der Waals surface area (Å²) in [6.45, 7) is 3.94. The van der Waals surface area contributed by atoms with Crippen LogP contribution in [0, 0.1) is 12.7 Å². The highest BCUT2D eigenvalue weighted by molar-refractivity contribution is 7.20. The molecule has 0 bridgehead atoms. The van der Waals surface area contributed by atoms with E-state index in [1.807, 2.05) is 13.0 Å². The summed E-state index contributed by atoms with van der Waals surface area (Å²) in [7, 11) is 2.11. The molecule has 136 valence electrons. The zero-order valence-electron chi connectivity index (χ0n) is 14.8. The second-order valence-electron chi connectivity index (χ2n) is 6.85. The molecule has 5 nitrogen and oxygen atoms in total. The van der Waals surface area contributed by atoms with Gasteiger partial charge in [0.25, 0.3) is 5.91 Å². The highest BCUT2D eigenvalue weighted by Crippen LogP contribution is 2.30. The van der Waals surface area contributed by atoms with Gasteiger partial charge in [-0.05, 0) is 70.2 Å². The molecule has 7 heteroatoms. The molecule has 3 heterocycles. The van der Waals surface area contributed by atoms with Gasteiger partial charge in [0.15, 0.2) is 0 Å². The highest BCUT2D eigenvalue weighted by Gasteiger charge is 2.22. The number of carbonyl (C=O) groups is 1. The molecule has 4 rings (SSSR count). The number of hydrogen-bond donors (Lipinski definition) is 1. The number of likely N-dealkylation sites (tertiary alicyclic amines) is 1. The standard InChI is InChI=1S/C19H21FN4OS/c1-12-16-11-17(18(25)21-14-7-9-23(2)10-8-14)26-19(16)24(22-12)15-5-3-13(20)4-6-15/h3-6,11,14H,7-10H2,1-2H3,(H,21,25). The zero-order chi connectivity index (χ0) is 18.3. The van der Waals surface area contributed by atoms with Gasteiger partial charge in [0, 0.05) is 11.4 Å². The minimum Gasteiger partial charge on any atom is -0.349 e. The van der Waals surface area contributed by atoms with E-state index in [2.05, 4.69) is 22.4 Å². The van der Waals surface area contributed by atoms with Crippen molar-refractivity contribution in [2.75, 3.05) is 20.1 Å². The Morgan fingerprint density at radius 2 is 1.96 bits per heavy atom. The second-order valence-corrected chi connectivity index (χ2v) is 7.88. The Bertz CT molecular complexity index is 939. The average molecular weight is 372 g/mol. The Hall–Kier alpha value is -2.25. The number of fused-ring (bicyclic) bond motifs is 1. The molecule has 0 aliphatic carbocycles. The molecule has 1 fully saturated rings. The molecule has 3 aromatic rings. The molecule has 1 N–H and O–H groups in total. The first-order valence-electron chi connectivity index (χ1n) is 8.76. The van der Waals surface area contributed by atoms with Crippen LogP contribution < -0.4 is 5.32 Å². The molecule has 0 spiro atoms. The van der Waals surface area contributed by atoms with Crippen molar-refractivity contribution >= 4 is 27.5 Å². The first-order valence-corrected chi connectivity index (χ1v) is 9.57. The van der Waals surface area contributed by atoms with Crippen molar-refractivity contribution in [1.29, 1.82) is 0 Å². The van der Waals surface area contributed by atoms with Crippen LogP contribution in [0.15, 0.2) is 30.3 Å². The van der Waals surface area contributed by atoms with Crippen LogP contribution in [0.25, 0.3) is 15.9 Å². The molecule has 26 heavy (non-hydrogen) atoms. The fraction of sp³-hybridized carbons (Fsp3) is 0.368. The number of aromatic nitrogens is 2. The molecule has 0 atom stereocenters. The molecular weight excluding hydrogens is 351 g/mol. The van der Waals surface area contributed by atoms with Gasteiger partial charge >= 0.3 is 0 Å². The summed E-state index contributed by atoms with van der Waals surface area (Å²) in [5.74, 6) is -0.302. The number of piperidine rings is 1. The zero-order valence-corrected chi connectivity index (χ0v) is 15.6. The van der Waals surface area contributed by atoms with Crippen LogP contribution in [0.3, 0.4) is 0 Å².